The topological polar surface area (TPSA) is 36.8 Å². The van der Waals surface area contributed by atoms with Crippen molar-refractivity contribution in [1.29, 1.82) is 0 Å². The lowest BCUT2D eigenvalue weighted by Gasteiger charge is -2.03. The summed E-state index contributed by atoms with van der Waals surface area (Å²) in [7, 11) is 1.87. The maximum atomic E-state index is 3.96. The summed E-state index contributed by atoms with van der Waals surface area (Å²) in [5.74, 6) is 0. The van der Waals surface area contributed by atoms with Crippen molar-refractivity contribution in [3.8, 4) is 0 Å². The molecule has 0 heterocycles. The van der Waals surface area contributed by atoms with Crippen LogP contribution in [0.2, 0.25) is 0 Å². The fourth-order valence-corrected chi connectivity index (χ4v) is 0.775. The minimum atomic E-state index is 0.130. The second-order valence-corrected chi connectivity index (χ2v) is 2.37. The SMILES string of the molecule is CCN=NC(NC)SC. The van der Waals surface area contributed by atoms with E-state index in [4.69, 9.17) is 0 Å². The van der Waals surface area contributed by atoms with Crippen LogP contribution < -0.4 is 5.32 Å². The van der Waals surface area contributed by atoms with E-state index in [0.29, 0.717) is 0 Å². The first-order valence-electron chi connectivity index (χ1n) is 2.91. The molecule has 0 saturated heterocycles. The molecule has 0 fully saturated rings. The van der Waals surface area contributed by atoms with Gasteiger partial charge >= 0.3 is 0 Å². The molecular weight excluding hydrogens is 134 g/mol. The summed E-state index contributed by atoms with van der Waals surface area (Å²) < 4.78 is 0. The highest BCUT2D eigenvalue weighted by molar-refractivity contribution is 7.99. The highest BCUT2D eigenvalue weighted by Gasteiger charge is 1.95. The number of nitrogens with one attached hydrogen (secondary N) is 1. The first kappa shape index (κ1) is 8.91. The van der Waals surface area contributed by atoms with Gasteiger partial charge < -0.3 is 0 Å². The van der Waals surface area contributed by atoms with E-state index in [0.717, 1.165) is 6.54 Å². The minimum absolute atomic E-state index is 0.130. The molecule has 3 nitrogen and oxygen atoms in total. The maximum Gasteiger partial charge on any atom is 0.167 e. The Morgan fingerprint density at radius 1 is 1.67 bits per heavy atom. The van der Waals surface area contributed by atoms with Crippen LogP contribution in [-0.4, -0.2) is 25.3 Å². The summed E-state index contributed by atoms with van der Waals surface area (Å²) in [6.45, 7) is 2.73. The third-order valence-corrected chi connectivity index (χ3v) is 1.57. The summed E-state index contributed by atoms with van der Waals surface area (Å²) >= 11 is 1.64. The molecule has 0 aliphatic carbocycles. The fourth-order valence-electron chi connectivity index (χ4n) is 0.379. The summed E-state index contributed by atoms with van der Waals surface area (Å²) in [6, 6.07) is 0. The Morgan fingerprint density at radius 2 is 2.33 bits per heavy atom. The summed E-state index contributed by atoms with van der Waals surface area (Å²) in [5.41, 5.74) is 0.130. The van der Waals surface area contributed by atoms with E-state index in [2.05, 4.69) is 15.5 Å². The molecule has 0 aliphatic rings. The number of azo groups is 1. The molecule has 54 valence electrons. The third-order valence-electron chi connectivity index (χ3n) is 0.798. The quantitative estimate of drug-likeness (QED) is 0.481. The van der Waals surface area contributed by atoms with Crippen molar-refractivity contribution < 1.29 is 0 Å². The Morgan fingerprint density at radius 3 is 2.67 bits per heavy atom. The van der Waals surface area contributed by atoms with Crippen LogP contribution in [0, 0.1) is 0 Å². The van der Waals surface area contributed by atoms with Gasteiger partial charge in [-0.3, -0.25) is 5.32 Å². The van der Waals surface area contributed by atoms with Crippen LogP contribution in [0.15, 0.2) is 10.2 Å². The van der Waals surface area contributed by atoms with Crippen molar-refractivity contribution in [2.45, 2.75) is 12.4 Å². The number of hydrogen-bond donors (Lipinski definition) is 1. The van der Waals surface area contributed by atoms with Gasteiger partial charge in [-0.25, -0.2) is 0 Å². The lowest BCUT2D eigenvalue weighted by Crippen LogP contribution is -2.17. The van der Waals surface area contributed by atoms with Crippen molar-refractivity contribution in [2.24, 2.45) is 10.2 Å². The molecule has 0 radical (unpaired) electrons. The van der Waals surface area contributed by atoms with Gasteiger partial charge in [0.1, 0.15) is 0 Å². The second kappa shape index (κ2) is 6.04. The van der Waals surface area contributed by atoms with Gasteiger partial charge in [-0.1, -0.05) is 0 Å². The molecule has 0 aliphatic heterocycles. The van der Waals surface area contributed by atoms with Gasteiger partial charge in [0.2, 0.25) is 0 Å². The van der Waals surface area contributed by atoms with Gasteiger partial charge in [-0.2, -0.15) is 10.2 Å². The zero-order valence-electron chi connectivity index (χ0n) is 6.09. The number of thioether (sulfide) groups is 1. The molecule has 0 amide bonds. The number of rotatable bonds is 4. The minimum Gasteiger partial charge on any atom is -0.289 e. The first-order valence-corrected chi connectivity index (χ1v) is 4.20. The number of hydrogen-bond acceptors (Lipinski definition) is 4. The molecule has 1 unspecified atom stereocenters. The van der Waals surface area contributed by atoms with Crippen LogP contribution in [-0.2, 0) is 0 Å². The maximum absolute atomic E-state index is 3.96. The van der Waals surface area contributed by atoms with E-state index < -0.39 is 0 Å². The first-order chi connectivity index (χ1) is 4.35. The predicted octanol–water partition coefficient (Wildman–Crippen LogP) is 1.32. The largest absolute Gasteiger partial charge is 0.289 e. The van der Waals surface area contributed by atoms with Crippen LogP contribution >= 0.6 is 11.8 Å². The lowest BCUT2D eigenvalue weighted by molar-refractivity contribution is 0.720. The molecule has 0 aromatic carbocycles. The molecule has 0 aromatic rings. The Labute approximate surface area is 60.3 Å². The molecule has 4 heteroatoms. The highest BCUT2D eigenvalue weighted by Crippen LogP contribution is 2.02. The van der Waals surface area contributed by atoms with Gasteiger partial charge in [0.25, 0.3) is 0 Å². The van der Waals surface area contributed by atoms with E-state index in [9.17, 15) is 0 Å². The van der Waals surface area contributed by atoms with Gasteiger partial charge in [-0.15, -0.1) is 11.8 Å². The zero-order valence-corrected chi connectivity index (χ0v) is 6.90. The lowest BCUT2D eigenvalue weighted by atomic mass is 10.8. The standard InChI is InChI=1S/C5H13N3S/c1-4-7-8-5(6-2)9-3/h5-6H,4H2,1-3H3. The highest BCUT2D eigenvalue weighted by atomic mass is 32.2. The van der Waals surface area contributed by atoms with Crippen molar-refractivity contribution in [2.75, 3.05) is 19.8 Å². The van der Waals surface area contributed by atoms with Crippen LogP contribution in [0.1, 0.15) is 6.92 Å². The van der Waals surface area contributed by atoms with E-state index in [-0.39, 0.29) is 5.50 Å². The Hall–Kier alpha value is -0.0900. The normalized spacial score (nSPS) is 14.6. The molecule has 1 atom stereocenters. The van der Waals surface area contributed by atoms with Gasteiger partial charge in [0, 0.05) is 0 Å². The monoisotopic (exact) mass is 147 g/mol. The van der Waals surface area contributed by atoms with E-state index in [1.807, 2.05) is 20.2 Å². The predicted molar refractivity (Wildman–Crippen MR) is 41.8 cm³/mol. The van der Waals surface area contributed by atoms with Gasteiger partial charge in [0.15, 0.2) is 5.50 Å². The van der Waals surface area contributed by atoms with Gasteiger partial charge in [-0.05, 0) is 20.2 Å². The van der Waals surface area contributed by atoms with Crippen molar-refractivity contribution in [3.63, 3.8) is 0 Å². The Kier molecular flexibility index (Phi) is 5.98. The van der Waals surface area contributed by atoms with E-state index in [1.54, 1.807) is 11.8 Å². The van der Waals surface area contributed by atoms with Crippen LogP contribution in [0.4, 0.5) is 0 Å². The van der Waals surface area contributed by atoms with Crippen molar-refractivity contribution >= 4 is 11.8 Å². The van der Waals surface area contributed by atoms with Crippen LogP contribution in [0.5, 0.6) is 0 Å². The summed E-state index contributed by atoms with van der Waals surface area (Å²) in [5, 5.41) is 10.8. The molecule has 0 bridgehead atoms. The Bertz CT molecular complexity index is 80.3. The zero-order chi connectivity index (χ0) is 7.11. The molecular formula is C5H13N3S. The van der Waals surface area contributed by atoms with Crippen LogP contribution in [0.25, 0.3) is 0 Å². The molecule has 0 rings (SSSR count). The second-order valence-electron chi connectivity index (χ2n) is 1.45. The van der Waals surface area contributed by atoms with Gasteiger partial charge in [0.05, 0.1) is 6.54 Å². The summed E-state index contributed by atoms with van der Waals surface area (Å²) in [4.78, 5) is 0. The number of nitrogens with zero attached hydrogens (tertiary/aromatic N) is 2. The summed E-state index contributed by atoms with van der Waals surface area (Å²) in [6.07, 6.45) is 2.00. The van der Waals surface area contributed by atoms with Crippen molar-refractivity contribution in [1.82, 2.24) is 5.32 Å². The molecule has 0 saturated carbocycles. The van der Waals surface area contributed by atoms with Crippen LogP contribution in [0.3, 0.4) is 0 Å². The molecule has 0 aromatic heterocycles. The van der Waals surface area contributed by atoms with Crippen molar-refractivity contribution in [3.05, 3.63) is 0 Å². The van der Waals surface area contributed by atoms with E-state index in [1.165, 1.54) is 0 Å². The molecule has 9 heavy (non-hydrogen) atoms. The fraction of sp³-hybridized carbons (Fsp3) is 1.00. The smallest absolute Gasteiger partial charge is 0.167 e. The average Bonchev–Trinajstić information content (AvgIpc) is 1.91. The average molecular weight is 147 g/mol. The molecule has 0 spiro atoms. The third kappa shape index (κ3) is 4.42. The Balaban J connectivity index is 3.41. The van der Waals surface area contributed by atoms with E-state index >= 15 is 0 Å². The molecule has 1 N–H and O–H groups in total.